The normalized spacial score (nSPS) is 17.2. The Morgan fingerprint density at radius 1 is 1.16 bits per heavy atom. The number of sulfonamides is 1. The Labute approximate surface area is 193 Å². The largest absolute Gasteiger partial charge is 0.492 e. The minimum atomic E-state index is -3.78. The molecule has 1 amide bonds. The van der Waals surface area contributed by atoms with Gasteiger partial charge < -0.3 is 10.1 Å². The van der Waals surface area contributed by atoms with Crippen LogP contribution in [0.3, 0.4) is 0 Å². The second-order valence-corrected chi connectivity index (χ2v) is 10.1. The Hall–Kier alpha value is -2.61. The van der Waals surface area contributed by atoms with E-state index in [2.05, 4.69) is 5.32 Å². The number of rotatable bonds is 6. The number of nitrogens with zero attached hydrogens (tertiary/aromatic N) is 1. The topological polar surface area (TPSA) is 75.7 Å². The van der Waals surface area contributed by atoms with Crippen molar-refractivity contribution < 1.29 is 17.9 Å². The van der Waals surface area contributed by atoms with Crippen molar-refractivity contribution in [1.29, 1.82) is 0 Å². The summed E-state index contributed by atoms with van der Waals surface area (Å²) >= 11 is 6.20. The predicted molar refractivity (Wildman–Crippen MR) is 127 cm³/mol. The van der Waals surface area contributed by atoms with Crippen LogP contribution in [-0.4, -0.2) is 38.3 Å². The molecule has 0 unspecified atom stereocenters. The lowest BCUT2D eigenvalue weighted by Gasteiger charge is -2.31. The highest BCUT2D eigenvalue weighted by molar-refractivity contribution is 7.89. The van der Waals surface area contributed by atoms with Crippen LogP contribution in [0.5, 0.6) is 5.75 Å². The minimum absolute atomic E-state index is 0.0982. The molecule has 8 heteroatoms. The van der Waals surface area contributed by atoms with Gasteiger partial charge in [0.25, 0.3) is 0 Å². The number of halogens is 1. The van der Waals surface area contributed by atoms with Gasteiger partial charge >= 0.3 is 0 Å². The summed E-state index contributed by atoms with van der Waals surface area (Å²) in [5.74, 6) is -0.166. The first kappa shape index (κ1) is 22.6. The van der Waals surface area contributed by atoms with Gasteiger partial charge in [0, 0.05) is 24.2 Å². The summed E-state index contributed by atoms with van der Waals surface area (Å²) in [6.07, 6.45) is 1.24. The number of hydrogen-bond acceptors (Lipinski definition) is 4. The zero-order valence-electron chi connectivity index (χ0n) is 17.8. The molecule has 1 N–H and O–H groups in total. The lowest BCUT2D eigenvalue weighted by atomic mass is 9.98. The fraction of sp³-hybridized carbons (Fsp3) is 0.292. The van der Waals surface area contributed by atoms with E-state index >= 15 is 0 Å². The number of ether oxygens (including phenoxy) is 1. The fourth-order valence-corrected chi connectivity index (χ4v) is 5.86. The molecule has 3 aromatic carbocycles. The van der Waals surface area contributed by atoms with Crippen LogP contribution in [0.2, 0.25) is 5.02 Å². The third kappa shape index (κ3) is 4.60. The number of carbonyl (C=O) groups is 1. The third-order valence-electron chi connectivity index (χ3n) is 5.64. The molecule has 1 atom stereocenters. The van der Waals surface area contributed by atoms with E-state index in [1.807, 2.05) is 49.4 Å². The number of piperidine rings is 1. The van der Waals surface area contributed by atoms with Crippen LogP contribution in [0.4, 0.5) is 5.69 Å². The van der Waals surface area contributed by atoms with Gasteiger partial charge in [0.05, 0.1) is 22.4 Å². The van der Waals surface area contributed by atoms with Crippen LogP contribution in [0, 0.1) is 5.92 Å². The molecule has 0 bridgehead atoms. The van der Waals surface area contributed by atoms with E-state index < -0.39 is 15.9 Å². The molecule has 0 radical (unpaired) electrons. The summed E-state index contributed by atoms with van der Waals surface area (Å²) < 4.78 is 33.2. The first-order chi connectivity index (χ1) is 15.4. The van der Waals surface area contributed by atoms with Crippen molar-refractivity contribution in [2.24, 2.45) is 5.92 Å². The van der Waals surface area contributed by atoms with Crippen molar-refractivity contribution in [2.45, 2.75) is 24.7 Å². The van der Waals surface area contributed by atoms with Gasteiger partial charge in [0.2, 0.25) is 15.9 Å². The summed E-state index contributed by atoms with van der Waals surface area (Å²) in [7, 11) is -3.78. The molecule has 0 aromatic heterocycles. The molecule has 4 rings (SSSR count). The Morgan fingerprint density at radius 3 is 2.72 bits per heavy atom. The Bertz CT molecular complexity index is 1240. The minimum Gasteiger partial charge on any atom is -0.492 e. The SMILES string of the molecule is CCOc1ccc(S(=O)(=O)N2CCC[C@H](C(=O)Nc3cccc4ccccc34)C2)cc1Cl. The van der Waals surface area contributed by atoms with Crippen LogP contribution >= 0.6 is 11.6 Å². The molecule has 6 nitrogen and oxygen atoms in total. The van der Waals surface area contributed by atoms with E-state index in [0.29, 0.717) is 31.7 Å². The highest BCUT2D eigenvalue weighted by Gasteiger charge is 2.33. The Balaban J connectivity index is 1.51. The lowest BCUT2D eigenvalue weighted by molar-refractivity contribution is -0.120. The van der Waals surface area contributed by atoms with Crippen LogP contribution < -0.4 is 10.1 Å². The molecular weight excluding hydrogens is 448 g/mol. The number of hydrogen-bond donors (Lipinski definition) is 1. The monoisotopic (exact) mass is 472 g/mol. The van der Waals surface area contributed by atoms with Gasteiger partial charge in [-0.1, -0.05) is 48.0 Å². The quantitative estimate of drug-likeness (QED) is 0.551. The maximum absolute atomic E-state index is 13.2. The molecular formula is C24H25ClN2O4S. The van der Waals surface area contributed by atoms with E-state index in [1.165, 1.54) is 16.4 Å². The van der Waals surface area contributed by atoms with Crippen molar-refractivity contribution in [1.82, 2.24) is 4.31 Å². The van der Waals surface area contributed by atoms with Gasteiger partial charge in [-0.15, -0.1) is 0 Å². The molecule has 1 heterocycles. The molecule has 1 fully saturated rings. The lowest BCUT2D eigenvalue weighted by Crippen LogP contribution is -2.43. The average Bonchev–Trinajstić information content (AvgIpc) is 2.81. The molecule has 3 aromatic rings. The number of anilines is 1. The van der Waals surface area contributed by atoms with E-state index in [1.54, 1.807) is 6.07 Å². The van der Waals surface area contributed by atoms with Crippen molar-refractivity contribution in [3.8, 4) is 5.75 Å². The molecule has 1 saturated heterocycles. The van der Waals surface area contributed by atoms with E-state index in [0.717, 1.165) is 16.5 Å². The molecule has 1 aliphatic rings. The molecule has 1 aliphatic heterocycles. The third-order valence-corrected chi connectivity index (χ3v) is 7.80. The summed E-state index contributed by atoms with van der Waals surface area (Å²) in [4.78, 5) is 13.1. The van der Waals surface area contributed by atoms with Gasteiger partial charge in [0.1, 0.15) is 5.75 Å². The van der Waals surface area contributed by atoms with Crippen LogP contribution in [0.15, 0.2) is 65.6 Å². The summed E-state index contributed by atoms with van der Waals surface area (Å²) in [6, 6.07) is 18.0. The standard InChI is InChI=1S/C24H25ClN2O4S/c1-2-31-23-13-12-19(15-21(23)25)32(29,30)27-14-6-9-18(16-27)24(28)26-22-11-5-8-17-7-3-4-10-20(17)22/h3-5,7-8,10-13,15,18H,2,6,9,14,16H2,1H3,(H,26,28)/t18-/m0/s1. The first-order valence-electron chi connectivity index (χ1n) is 10.6. The van der Waals surface area contributed by atoms with Crippen LogP contribution in [-0.2, 0) is 14.8 Å². The van der Waals surface area contributed by atoms with Crippen LogP contribution in [0.1, 0.15) is 19.8 Å². The number of amides is 1. The number of carbonyl (C=O) groups excluding carboxylic acids is 1. The molecule has 0 spiro atoms. The Kier molecular flexibility index (Phi) is 6.69. The fourth-order valence-electron chi connectivity index (χ4n) is 4.01. The van der Waals surface area contributed by atoms with Gasteiger partial charge in [-0.3, -0.25) is 4.79 Å². The van der Waals surface area contributed by atoms with Gasteiger partial charge in [-0.25, -0.2) is 8.42 Å². The molecule has 0 aliphatic carbocycles. The maximum Gasteiger partial charge on any atom is 0.243 e. The molecule has 168 valence electrons. The predicted octanol–water partition coefficient (Wildman–Crippen LogP) is 4.93. The smallest absolute Gasteiger partial charge is 0.243 e. The zero-order chi connectivity index (χ0) is 22.7. The molecule has 32 heavy (non-hydrogen) atoms. The number of nitrogens with one attached hydrogen (secondary N) is 1. The average molecular weight is 473 g/mol. The van der Waals surface area contributed by atoms with E-state index in [-0.39, 0.29) is 22.4 Å². The van der Waals surface area contributed by atoms with Crippen LogP contribution in [0.25, 0.3) is 10.8 Å². The van der Waals surface area contributed by atoms with Crippen molar-refractivity contribution in [2.75, 3.05) is 25.0 Å². The second kappa shape index (κ2) is 9.48. The number of fused-ring (bicyclic) bond motifs is 1. The summed E-state index contributed by atoms with van der Waals surface area (Å²) in [6.45, 7) is 2.76. The van der Waals surface area contributed by atoms with Gasteiger partial charge in [0.15, 0.2) is 0 Å². The Morgan fingerprint density at radius 2 is 1.94 bits per heavy atom. The van der Waals surface area contributed by atoms with E-state index in [4.69, 9.17) is 16.3 Å². The van der Waals surface area contributed by atoms with E-state index in [9.17, 15) is 13.2 Å². The number of benzene rings is 3. The van der Waals surface area contributed by atoms with Crippen molar-refractivity contribution in [3.05, 3.63) is 65.7 Å². The first-order valence-corrected chi connectivity index (χ1v) is 12.4. The van der Waals surface area contributed by atoms with Crippen molar-refractivity contribution in [3.63, 3.8) is 0 Å². The highest BCUT2D eigenvalue weighted by atomic mass is 35.5. The summed E-state index contributed by atoms with van der Waals surface area (Å²) in [5, 5.41) is 5.23. The second-order valence-electron chi connectivity index (χ2n) is 7.74. The molecule has 0 saturated carbocycles. The van der Waals surface area contributed by atoms with Gasteiger partial charge in [-0.05, 0) is 49.4 Å². The van der Waals surface area contributed by atoms with Gasteiger partial charge in [-0.2, -0.15) is 4.31 Å². The van der Waals surface area contributed by atoms with Crippen molar-refractivity contribution >= 4 is 44.0 Å². The zero-order valence-corrected chi connectivity index (χ0v) is 19.3. The maximum atomic E-state index is 13.2. The highest BCUT2D eigenvalue weighted by Crippen LogP contribution is 2.31. The summed E-state index contributed by atoms with van der Waals surface area (Å²) in [5.41, 5.74) is 0.728.